The topological polar surface area (TPSA) is 33.6 Å². The molecule has 0 spiro atoms. The molecule has 0 saturated heterocycles. The lowest BCUT2D eigenvalue weighted by Gasteiger charge is -2.27. The van der Waals surface area contributed by atoms with E-state index in [4.69, 9.17) is 4.74 Å². The average molecular weight is 346 g/mol. The number of fused-ring (bicyclic) bond motifs is 1. The molecule has 1 aliphatic heterocycles. The quantitative estimate of drug-likeness (QED) is 0.892. The highest BCUT2D eigenvalue weighted by Gasteiger charge is 2.28. The Labute approximate surface area is 128 Å². The predicted octanol–water partition coefficient (Wildman–Crippen LogP) is 3.30. The van der Waals surface area contributed by atoms with Gasteiger partial charge in [-0.2, -0.15) is 0 Å². The maximum absolute atomic E-state index is 5.38. The van der Waals surface area contributed by atoms with Crippen LogP contribution >= 0.6 is 28.3 Å². The molecule has 19 heavy (non-hydrogen) atoms. The number of benzene rings is 1. The molecule has 1 aromatic rings. The van der Waals surface area contributed by atoms with Gasteiger partial charge in [0.05, 0.1) is 18.1 Å². The minimum atomic E-state index is 0. The fraction of sp³-hybridized carbons (Fsp3) is 0.500. The lowest BCUT2D eigenvalue weighted by Crippen LogP contribution is -2.28. The second kappa shape index (κ2) is 6.14. The maximum atomic E-state index is 5.38. The summed E-state index contributed by atoms with van der Waals surface area (Å²) >= 11 is 3.68. The lowest BCUT2D eigenvalue weighted by atomic mass is 9.82. The van der Waals surface area contributed by atoms with Crippen LogP contribution in [0.3, 0.4) is 0 Å². The molecule has 1 aliphatic carbocycles. The molecule has 3 nitrogen and oxygen atoms in total. The monoisotopic (exact) mass is 344 g/mol. The van der Waals surface area contributed by atoms with Gasteiger partial charge in [0.25, 0.3) is 0 Å². The lowest BCUT2D eigenvalue weighted by molar-refractivity contribution is 0.410. The number of ether oxygens (including phenoxy) is 1. The van der Waals surface area contributed by atoms with Crippen molar-refractivity contribution in [1.82, 2.24) is 5.32 Å². The standard InChI is InChI=1S/C14H17BrN2O.ClH/c1-18-12-6-5-9-10(13(12)15)3-2-4-11(9)14-16-7-8-17-14;/h5-6,11H,2-4,7-8H2,1H3,(H,16,17);1H. The summed E-state index contributed by atoms with van der Waals surface area (Å²) in [7, 11) is 1.72. The highest BCUT2D eigenvalue weighted by molar-refractivity contribution is 9.10. The number of aliphatic imine (C=N–C) groups is 1. The number of halogens is 2. The molecule has 0 amide bonds. The molecule has 3 rings (SSSR count). The van der Waals surface area contributed by atoms with E-state index in [-0.39, 0.29) is 12.4 Å². The Hall–Kier alpha value is -0.740. The van der Waals surface area contributed by atoms with Crippen LogP contribution in [0.2, 0.25) is 0 Å². The van der Waals surface area contributed by atoms with Crippen molar-refractivity contribution in [2.45, 2.75) is 25.2 Å². The average Bonchev–Trinajstić information content (AvgIpc) is 2.92. The van der Waals surface area contributed by atoms with Crippen molar-refractivity contribution in [3.63, 3.8) is 0 Å². The molecule has 104 valence electrons. The summed E-state index contributed by atoms with van der Waals surface area (Å²) in [6.45, 7) is 1.90. The first-order chi connectivity index (χ1) is 8.81. The van der Waals surface area contributed by atoms with Crippen molar-refractivity contribution < 1.29 is 4.74 Å². The summed E-state index contributed by atoms with van der Waals surface area (Å²) < 4.78 is 6.50. The van der Waals surface area contributed by atoms with E-state index in [0.717, 1.165) is 29.7 Å². The minimum Gasteiger partial charge on any atom is -0.496 e. The van der Waals surface area contributed by atoms with E-state index in [1.54, 1.807) is 7.11 Å². The number of hydrogen-bond acceptors (Lipinski definition) is 3. The van der Waals surface area contributed by atoms with Crippen LogP contribution in [-0.2, 0) is 6.42 Å². The van der Waals surface area contributed by atoms with Gasteiger partial charge in [0, 0.05) is 12.5 Å². The summed E-state index contributed by atoms with van der Waals surface area (Å²) in [5.41, 5.74) is 2.80. The van der Waals surface area contributed by atoms with Crippen LogP contribution in [0.15, 0.2) is 21.6 Å². The van der Waals surface area contributed by atoms with Crippen LogP contribution in [-0.4, -0.2) is 26.0 Å². The molecule has 1 atom stereocenters. The molecule has 0 saturated carbocycles. The van der Waals surface area contributed by atoms with Crippen LogP contribution in [0.25, 0.3) is 0 Å². The van der Waals surface area contributed by atoms with E-state index in [1.165, 1.54) is 29.8 Å². The van der Waals surface area contributed by atoms with E-state index in [2.05, 4.69) is 38.4 Å². The molecule has 2 aliphatic rings. The van der Waals surface area contributed by atoms with Crippen molar-refractivity contribution in [2.24, 2.45) is 4.99 Å². The molecule has 0 aromatic heterocycles. The van der Waals surface area contributed by atoms with E-state index in [0.29, 0.717) is 5.92 Å². The molecule has 5 heteroatoms. The zero-order chi connectivity index (χ0) is 12.5. The van der Waals surface area contributed by atoms with E-state index < -0.39 is 0 Å². The molecule has 1 N–H and O–H groups in total. The van der Waals surface area contributed by atoms with Gasteiger partial charge in [-0.15, -0.1) is 12.4 Å². The van der Waals surface area contributed by atoms with E-state index in [9.17, 15) is 0 Å². The van der Waals surface area contributed by atoms with E-state index >= 15 is 0 Å². The molecule has 1 unspecified atom stereocenters. The van der Waals surface area contributed by atoms with Crippen LogP contribution in [0, 0.1) is 0 Å². The molecule has 0 radical (unpaired) electrons. The zero-order valence-corrected chi connectivity index (χ0v) is 13.3. The fourth-order valence-electron chi connectivity index (χ4n) is 2.92. The molecule has 0 bridgehead atoms. The number of amidine groups is 1. The third kappa shape index (κ3) is 2.61. The van der Waals surface area contributed by atoms with Gasteiger partial charge in [-0.25, -0.2) is 0 Å². The van der Waals surface area contributed by atoms with Gasteiger partial charge in [0.15, 0.2) is 0 Å². The molecule has 1 heterocycles. The number of nitrogens with one attached hydrogen (secondary N) is 1. The summed E-state index contributed by atoms with van der Waals surface area (Å²) in [4.78, 5) is 4.59. The number of nitrogens with zero attached hydrogens (tertiary/aromatic N) is 1. The van der Waals surface area contributed by atoms with Crippen molar-refractivity contribution in [3.05, 3.63) is 27.7 Å². The Morgan fingerprint density at radius 2 is 2.26 bits per heavy atom. The van der Waals surface area contributed by atoms with Crippen molar-refractivity contribution >= 4 is 34.2 Å². The number of rotatable bonds is 2. The highest BCUT2D eigenvalue weighted by Crippen LogP contribution is 2.40. The molecular formula is C14H18BrClN2O. The van der Waals surface area contributed by atoms with Gasteiger partial charge < -0.3 is 10.1 Å². The van der Waals surface area contributed by atoms with Crippen molar-refractivity contribution in [2.75, 3.05) is 20.2 Å². The Kier molecular flexibility index (Phi) is 4.74. The van der Waals surface area contributed by atoms with Crippen molar-refractivity contribution in [1.29, 1.82) is 0 Å². The Balaban J connectivity index is 0.00000133. The third-order valence-electron chi connectivity index (χ3n) is 3.79. The summed E-state index contributed by atoms with van der Waals surface area (Å²) in [6.07, 6.45) is 3.53. The Morgan fingerprint density at radius 1 is 1.42 bits per heavy atom. The molecular weight excluding hydrogens is 328 g/mol. The first kappa shape index (κ1) is 14.7. The smallest absolute Gasteiger partial charge is 0.133 e. The summed E-state index contributed by atoms with van der Waals surface area (Å²) in [5, 5.41) is 3.42. The first-order valence-corrected chi connectivity index (χ1v) is 7.24. The fourth-order valence-corrected chi connectivity index (χ4v) is 3.65. The SMILES string of the molecule is COc1ccc2c(c1Br)CCCC2C1=NCCN1.Cl. The zero-order valence-electron chi connectivity index (χ0n) is 10.9. The molecule has 0 fully saturated rings. The van der Waals surface area contributed by atoms with Crippen LogP contribution < -0.4 is 10.1 Å². The van der Waals surface area contributed by atoms with Crippen LogP contribution in [0.1, 0.15) is 29.9 Å². The largest absolute Gasteiger partial charge is 0.496 e. The second-order valence-electron chi connectivity index (χ2n) is 4.79. The third-order valence-corrected chi connectivity index (χ3v) is 4.66. The van der Waals surface area contributed by atoms with Gasteiger partial charge in [-0.3, -0.25) is 4.99 Å². The van der Waals surface area contributed by atoms with Gasteiger partial charge in [0.2, 0.25) is 0 Å². The van der Waals surface area contributed by atoms with Crippen molar-refractivity contribution in [3.8, 4) is 5.75 Å². The molecule has 1 aromatic carbocycles. The van der Waals surface area contributed by atoms with Crippen LogP contribution in [0.5, 0.6) is 5.75 Å². The summed E-state index contributed by atoms with van der Waals surface area (Å²) in [5.74, 6) is 2.54. The maximum Gasteiger partial charge on any atom is 0.133 e. The highest BCUT2D eigenvalue weighted by atomic mass is 79.9. The number of hydrogen-bond donors (Lipinski definition) is 1. The Bertz CT molecular complexity index is 504. The number of methoxy groups -OCH3 is 1. The minimum absolute atomic E-state index is 0. The van der Waals surface area contributed by atoms with Crippen LogP contribution in [0.4, 0.5) is 0 Å². The van der Waals surface area contributed by atoms with Gasteiger partial charge >= 0.3 is 0 Å². The van der Waals surface area contributed by atoms with Gasteiger partial charge in [-0.1, -0.05) is 6.07 Å². The Morgan fingerprint density at radius 3 is 2.95 bits per heavy atom. The normalized spacial score (nSPS) is 20.9. The van der Waals surface area contributed by atoms with Gasteiger partial charge in [-0.05, 0) is 52.4 Å². The predicted molar refractivity (Wildman–Crippen MR) is 83.9 cm³/mol. The second-order valence-corrected chi connectivity index (χ2v) is 5.58. The summed E-state index contributed by atoms with van der Waals surface area (Å²) in [6, 6.07) is 4.25. The van der Waals surface area contributed by atoms with Gasteiger partial charge in [0.1, 0.15) is 11.6 Å². The first-order valence-electron chi connectivity index (χ1n) is 6.44. The van der Waals surface area contributed by atoms with E-state index in [1.807, 2.05) is 0 Å².